The SMILES string of the molecule is O=C(Nc1cnn(CC2CC2)c1)c1ccn(COc2ccc(-c3ccccc3)cc2)n1. The van der Waals surface area contributed by atoms with Crippen LogP contribution in [0.5, 0.6) is 5.75 Å². The van der Waals surface area contributed by atoms with Gasteiger partial charge in [0, 0.05) is 18.9 Å². The van der Waals surface area contributed by atoms with Gasteiger partial charge in [-0.3, -0.25) is 9.48 Å². The maximum Gasteiger partial charge on any atom is 0.276 e. The Hall–Kier alpha value is -3.87. The van der Waals surface area contributed by atoms with Gasteiger partial charge < -0.3 is 10.1 Å². The van der Waals surface area contributed by atoms with Crippen molar-refractivity contribution < 1.29 is 9.53 Å². The van der Waals surface area contributed by atoms with E-state index in [1.54, 1.807) is 23.1 Å². The molecule has 1 amide bonds. The van der Waals surface area contributed by atoms with Gasteiger partial charge >= 0.3 is 0 Å². The second-order valence-electron chi connectivity index (χ2n) is 7.75. The number of amides is 1. The van der Waals surface area contributed by atoms with E-state index in [0.29, 0.717) is 11.4 Å². The predicted octanol–water partition coefficient (Wildman–Crippen LogP) is 4.45. The number of rotatable bonds is 8. The van der Waals surface area contributed by atoms with Gasteiger partial charge in [-0.25, -0.2) is 4.68 Å². The van der Waals surface area contributed by atoms with E-state index >= 15 is 0 Å². The van der Waals surface area contributed by atoms with Crippen LogP contribution in [-0.4, -0.2) is 25.5 Å². The van der Waals surface area contributed by atoms with Gasteiger partial charge in [0.15, 0.2) is 12.4 Å². The molecule has 0 saturated heterocycles. The van der Waals surface area contributed by atoms with Crippen LogP contribution < -0.4 is 10.1 Å². The van der Waals surface area contributed by atoms with Gasteiger partial charge in [-0.15, -0.1) is 0 Å². The highest BCUT2D eigenvalue weighted by Crippen LogP contribution is 2.30. The number of nitrogens with one attached hydrogen (secondary N) is 1. The highest BCUT2D eigenvalue weighted by Gasteiger charge is 2.22. The van der Waals surface area contributed by atoms with Crippen LogP contribution in [0, 0.1) is 5.92 Å². The summed E-state index contributed by atoms with van der Waals surface area (Å²) in [6.45, 7) is 1.13. The quantitative estimate of drug-likeness (QED) is 0.463. The molecule has 0 bridgehead atoms. The van der Waals surface area contributed by atoms with Crippen molar-refractivity contribution in [2.24, 2.45) is 5.92 Å². The highest BCUT2D eigenvalue weighted by atomic mass is 16.5. The lowest BCUT2D eigenvalue weighted by Gasteiger charge is -2.07. The van der Waals surface area contributed by atoms with E-state index in [9.17, 15) is 4.79 Å². The number of carbonyl (C=O) groups excluding carboxylic acids is 1. The summed E-state index contributed by atoms with van der Waals surface area (Å²) < 4.78 is 9.27. The van der Waals surface area contributed by atoms with Crippen LogP contribution in [-0.2, 0) is 13.3 Å². The van der Waals surface area contributed by atoms with Crippen LogP contribution in [0.25, 0.3) is 11.1 Å². The molecule has 0 spiro atoms. The number of benzene rings is 2. The van der Waals surface area contributed by atoms with E-state index in [1.165, 1.54) is 12.8 Å². The summed E-state index contributed by atoms with van der Waals surface area (Å²) in [7, 11) is 0. The number of anilines is 1. The summed E-state index contributed by atoms with van der Waals surface area (Å²) in [5.74, 6) is 1.20. The standard InChI is InChI=1S/C24H23N5O2/c30-24(26-21-14-25-29(16-21)15-18-6-7-18)23-12-13-28(27-23)17-31-22-10-8-20(9-11-22)19-4-2-1-3-5-19/h1-5,8-14,16,18H,6-7,15,17H2,(H,26,30). The fraction of sp³-hybridized carbons (Fsp3) is 0.208. The molecule has 1 fully saturated rings. The molecule has 7 nitrogen and oxygen atoms in total. The molecule has 1 saturated carbocycles. The largest absolute Gasteiger partial charge is 0.471 e. The van der Waals surface area contributed by atoms with E-state index in [0.717, 1.165) is 29.3 Å². The first-order valence-corrected chi connectivity index (χ1v) is 10.4. The summed E-state index contributed by atoms with van der Waals surface area (Å²) in [6, 6.07) is 19.8. The molecule has 7 heteroatoms. The molecule has 156 valence electrons. The molecule has 0 radical (unpaired) electrons. The van der Waals surface area contributed by atoms with Crippen molar-refractivity contribution in [1.82, 2.24) is 19.6 Å². The molecule has 4 aromatic rings. The van der Waals surface area contributed by atoms with E-state index in [2.05, 4.69) is 27.6 Å². The zero-order valence-corrected chi connectivity index (χ0v) is 17.0. The van der Waals surface area contributed by atoms with Gasteiger partial charge in [0.05, 0.1) is 11.9 Å². The molecule has 0 atom stereocenters. The Labute approximate surface area is 180 Å². The average Bonchev–Trinajstić information content (AvgIpc) is 3.30. The highest BCUT2D eigenvalue weighted by molar-refractivity contribution is 6.02. The molecule has 0 aliphatic heterocycles. The normalized spacial score (nSPS) is 13.2. The lowest BCUT2D eigenvalue weighted by Crippen LogP contribution is -2.14. The number of carbonyl (C=O) groups is 1. The van der Waals surface area contributed by atoms with Crippen LogP contribution in [0.1, 0.15) is 23.3 Å². The van der Waals surface area contributed by atoms with Crippen molar-refractivity contribution in [3.63, 3.8) is 0 Å². The molecule has 1 aliphatic rings. The molecule has 0 unspecified atom stereocenters. The Morgan fingerprint density at radius 1 is 1.00 bits per heavy atom. The monoisotopic (exact) mass is 413 g/mol. The predicted molar refractivity (Wildman–Crippen MR) is 118 cm³/mol. The molecule has 1 N–H and O–H groups in total. The van der Waals surface area contributed by atoms with Crippen LogP contribution >= 0.6 is 0 Å². The number of aromatic nitrogens is 4. The number of hydrogen-bond acceptors (Lipinski definition) is 4. The van der Waals surface area contributed by atoms with Crippen molar-refractivity contribution in [1.29, 1.82) is 0 Å². The molecule has 2 heterocycles. The molecule has 2 aromatic heterocycles. The Balaban J connectivity index is 1.15. The van der Waals surface area contributed by atoms with Crippen molar-refractivity contribution in [2.45, 2.75) is 26.1 Å². The molecular formula is C24H23N5O2. The van der Waals surface area contributed by atoms with Crippen LogP contribution in [0.15, 0.2) is 79.3 Å². The first kappa shape index (κ1) is 19.1. The van der Waals surface area contributed by atoms with Crippen molar-refractivity contribution >= 4 is 11.6 Å². The summed E-state index contributed by atoms with van der Waals surface area (Å²) in [5, 5.41) is 11.4. The van der Waals surface area contributed by atoms with E-state index < -0.39 is 0 Å². The number of nitrogens with zero attached hydrogens (tertiary/aromatic N) is 4. The maximum atomic E-state index is 12.5. The first-order valence-electron chi connectivity index (χ1n) is 10.4. The summed E-state index contributed by atoms with van der Waals surface area (Å²) >= 11 is 0. The molecule has 1 aliphatic carbocycles. The van der Waals surface area contributed by atoms with E-state index in [1.807, 2.05) is 53.3 Å². The van der Waals surface area contributed by atoms with Gasteiger partial charge in [-0.1, -0.05) is 42.5 Å². The van der Waals surface area contributed by atoms with E-state index in [-0.39, 0.29) is 12.6 Å². The first-order chi connectivity index (χ1) is 15.2. The topological polar surface area (TPSA) is 74.0 Å². The Morgan fingerprint density at radius 3 is 2.55 bits per heavy atom. The van der Waals surface area contributed by atoms with Crippen molar-refractivity contribution in [2.75, 3.05) is 5.32 Å². The molecule has 2 aromatic carbocycles. The van der Waals surface area contributed by atoms with E-state index in [4.69, 9.17) is 4.74 Å². The number of hydrogen-bond donors (Lipinski definition) is 1. The molecule has 5 rings (SSSR count). The Morgan fingerprint density at radius 2 is 1.77 bits per heavy atom. The van der Waals surface area contributed by atoms with Crippen molar-refractivity contribution in [3.8, 4) is 16.9 Å². The Kier molecular flexibility index (Phi) is 5.22. The fourth-order valence-corrected chi connectivity index (χ4v) is 3.36. The lowest BCUT2D eigenvalue weighted by molar-refractivity contribution is 0.102. The van der Waals surface area contributed by atoms with Crippen molar-refractivity contribution in [3.05, 3.63) is 84.9 Å². The average molecular weight is 413 g/mol. The fourth-order valence-electron chi connectivity index (χ4n) is 3.36. The summed E-state index contributed by atoms with van der Waals surface area (Å²) in [4.78, 5) is 12.5. The third-order valence-corrected chi connectivity index (χ3v) is 5.23. The number of ether oxygens (including phenoxy) is 1. The minimum absolute atomic E-state index is 0.220. The van der Waals surface area contributed by atoms with Gasteiger partial charge in [0.25, 0.3) is 5.91 Å². The lowest BCUT2D eigenvalue weighted by atomic mass is 10.1. The Bertz CT molecular complexity index is 1160. The minimum Gasteiger partial charge on any atom is -0.471 e. The second kappa shape index (κ2) is 8.47. The van der Waals surface area contributed by atoms with Crippen LogP contribution in [0.4, 0.5) is 5.69 Å². The van der Waals surface area contributed by atoms with Gasteiger partial charge in [0.1, 0.15) is 5.75 Å². The summed E-state index contributed by atoms with van der Waals surface area (Å²) in [6.07, 6.45) is 7.77. The van der Waals surface area contributed by atoms with Crippen LogP contribution in [0.2, 0.25) is 0 Å². The zero-order valence-electron chi connectivity index (χ0n) is 17.0. The van der Waals surface area contributed by atoms with Gasteiger partial charge in [-0.2, -0.15) is 10.2 Å². The minimum atomic E-state index is -0.267. The second-order valence-corrected chi connectivity index (χ2v) is 7.75. The maximum absolute atomic E-state index is 12.5. The smallest absolute Gasteiger partial charge is 0.276 e. The zero-order chi connectivity index (χ0) is 21.0. The van der Waals surface area contributed by atoms with Gasteiger partial charge in [-0.05, 0) is 48.1 Å². The third kappa shape index (κ3) is 4.83. The molecule has 31 heavy (non-hydrogen) atoms. The molecular weight excluding hydrogens is 390 g/mol. The summed E-state index contributed by atoms with van der Waals surface area (Å²) in [5.41, 5.74) is 3.30. The van der Waals surface area contributed by atoms with Crippen LogP contribution in [0.3, 0.4) is 0 Å². The third-order valence-electron chi connectivity index (χ3n) is 5.23. The van der Waals surface area contributed by atoms with Gasteiger partial charge in [0.2, 0.25) is 0 Å².